The van der Waals surface area contributed by atoms with Crippen molar-refractivity contribution in [2.75, 3.05) is 14.2 Å². The average Bonchev–Trinajstić information content (AvgIpc) is 2.66. The van der Waals surface area contributed by atoms with Crippen LogP contribution in [-0.2, 0) is 13.0 Å². The highest BCUT2D eigenvalue weighted by Crippen LogP contribution is 2.31. The molecule has 0 aliphatic carbocycles. The summed E-state index contributed by atoms with van der Waals surface area (Å²) >= 11 is 5.86. The van der Waals surface area contributed by atoms with Gasteiger partial charge in [0, 0.05) is 6.20 Å². The first-order valence-electron chi connectivity index (χ1n) is 8.08. The van der Waals surface area contributed by atoms with E-state index in [1.54, 1.807) is 19.2 Å². The fourth-order valence-electron chi connectivity index (χ4n) is 3.02. The summed E-state index contributed by atoms with van der Waals surface area (Å²) in [6, 6.07) is 7.23. The number of pyridine rings is 2. The van der Waals surface area contributed by atoms with Crippen LogP contribution in [0.15, 0.2) is 35.3 Å². The minimum Gasteiger partial charge on any atom is -0.497 e. The largest absolute Gasteiger partial charge is 0.497 e. The first kappa shape index (κ1) is 18.2. The van der Waals surface area contributed by atoms with Gasteiger partial charge in [-0.1, -0.05) is 30.7 Å². The van der Waals surface area contributed by atoms with Gasteiger partial charge in [-0.2, -0.15) is 0 Å². The molecule has 0 aliphatic heterocycles. The van der Waals surface area contributed by atoms with E-state index in [0.717, 1.165) is 5.56 Å². The third-order valence-electron chi connectivity index (χ3n) is 4.30. The van der Waals surface area contributed by atoms with Gasteiger partial charge in [-0.3, -0.25) is 4.79 Å². The zero-order chi connectivity index (χ0) is 18.8. The molecule has 0 atom stereocenters. The number of hydrogen-bond donors (Lipinski definition) is 0. The Morgan fingerprint density at radius 2 is 1.88 bits per heavy atom. The van der Waals surface area contributed by atoms with Crippen LogP contribution in [0.25, 0.3) is 10.9 Å². The van der Waals surface area contributed by atoms with E-state index in [9.17, 15) is 9.18 Å². The molecule has 2 heterocycles. The molecule has 1 aromatic carbocycles. The summed E-state index contributed by atoms with van der Waals surface area (Å²) in [7, 11) is 3.03. The second-order valence-corrected chi connectivity index (χ2v) is 6.09. The van der Waals surface area contributed by atoms with Gasteiger partial charge in [-0.25, -0.2) is 9.37 Å². The molecule has 0 saturated heterocycles. The normalized spacial score (nSPS) is 11.0. The van der Waals surface area contributed by atoms with Crippen LogP contribution in [0.1, 0.15) is 18.1 Å². The van der Waals surface area contributed by atoms with Gasteiger partial charge in [-0.05, 0) is 24.1 Å². The van der Waals surface area contributed by atoms with Crippen LogP contribution in [-0.4, -0.2) is 23.8 Å². The Morgan fingerprint density at radius 1 is 1.19 bits per heavy atom. The Balaban J connectivity index is 2.30. The van der Waals surface area contributed by atoms with Crippen molar-refractivity contribution in [3.05, 3.63) is 62.9 Å². The molecule has 0 fully saturated rings. The van der Waals surface area contributed by atoms with Gasteiger partial charge in [0.15, 0.2) is 11.0 Å². The minimum atomic E-state index is -0.740. The SMILES string of the molecule is CCc1c(OC)c2cnc(Cl)c(F)c2n(Cc2ccc(OC)cc2)c1=O. The summed E-state index contributed by atoms with van der Waals surface area (Å²) in [5.74, 6) is 0.297. The Hall–Kier alpha value is -2.60. The number of fused-ring (bicyclic) bond motifs is 1. The van der Waals surface area contributed by atoms with Crippen molar-refractivity contribution in [2.24, 2.45) is 0 Å². The maximum absolute atomic E-state index is 14.8. The first-order valence-corrected chi connectivity index (χ1v) is 8.45. The van der Waals surface area contributed by atoms with Crippen molar-refractivity contribution in [3.63, 3.8) is 0 Å². The minimum absolute atomic E-state index is 0.0832. The monoisotopic (exact) mass is 376 g/mol. The molecule has 0 spiro atoms. The van der Waals surface area contributed by atoms with Gasteiger partial charge < -0.3 is 14.0 Å². The topological polar surface area (TPSA) is 53.4 Å². The molecule has 26 heavy (non-hydrogen) atoms. The van der Waals surface area contributed by atoms with Crippen molar-refractivity contribution < 1.29 is 13.9 Å². The van der Waals surface area contributed by atoms with Crippen molar-refractivity contribution in [2.45, 2.75) is 19.9 Å². The number of halogens is 2. The molecule has 0 bridgehead atoms. The number of nitrogens with zero attached hydrogens (tertiary/aromatic N) is 2. The molecule has 0 saturated carbocycles. The van der Waals surface area contributed by atoms with Gasteiger partial charge in [-0.15, -0.1) is 0 Å². The lowest BCUT2D eigenvalue weighted by Crippen LogP contribution is -2.26. The molecule has 3 aromatic rings. The Morgan fingerprint density at radius 3 is 2.46 bits per heavy atom. The number of aromatic nitrogens is 2. The molecule has 5 nitrogen and oxygen atoms in total. The standard InChI is InChI=1S/C19H18ClFN2O3/c1-4-13-17(26-3)14-9-22-18(20)15(21)16(14)23(19(13)24)10-11-5-7-12(25-2)8-6-11/h5-9H,4,10H2,1-3H3. The van der Waals surface area contributed by atoms with Crippen molar-refractivity contribution in [1.82, 2.24) is 9.55 Å². The van der Waals surface area contributed by atoms with Crippen LogP contribution in [0.2, 0.25) is 5.15 Å². The van der Waals surface area contributed by atoms with Gasteiger partial charge in [0.25, 0.3) is 5.56 Å². The number of rotatable bonds is 5. The van der Waals surface area contributed by atoms with Crippen LogP contribution in [0.3, 0.4) is 0 Å². The molecular weight excluding hydrogens is 359 g/mol. The molecule has 136 valence electrons. The van der Waals surface area contributed by atoms with Gasteiger partial charge >= 0.3 is 0 Å². The molecule has 0 unspecified atom stereocenters. The van der Waals surface area contributed by atoms with E-state index in [4.69, 9.17) is 21.1 Å². The smallest absolute Gasteiger partial charge is 0.258 e. The number of ether oxygens (including phenoxy) is 2. The highest BCUT2D eigenvalue weighted by Gasteiger charge is 2.21. The summed E-state index contributed by atoms with van der Waals surface area (Å²) in [5.41, 5.74) is 1.07. The summed E-state index contributed by atoms with van der Waals surface area (Å²) in [4.78, 5) is 16.9. The summed E-state index contributed by atoms with van der Waals surface area (Å²) in [6.07, 6.45) is 1.88. The Kier molecular flexibility index (Phi) is 5.13. The third kappa shape index (κ3) is 3.01. The zero-order valence-electron chi connectivity index (χ0n) is 14.7. The van der Waals surface area contributed by atoms with Crippen LogP contribution in [0.5, 0.6) is 11.5 Å². The average molecular weight is 377 g/mol. The lowest BCUT2D eigenvalue weighted by atomic mass is 10.1. The molecular formula is C19H18ClFN2O3. The van der Waals surface area contributed by atoms with Crippen LogP contribution < -0.4 is 15.0 Å². The van der Waals surface area contributed by atoms with Gasteiger partial charge in [0.1, 0.15) is 11.5 Å². The molecule has 2 aromatic heterocycles. The summed E-state index contributed by atoms with van der Waals surface area (Å²) in [6.45, 7) is 2.04. The highest BCUT2D eigenvalue weighted by atomic mass is 35.5. The van der Waals surface area contributed by atoms with E-state index in [2.05, 4.69) is 4.98 Å². The predicted molar refractivity (Wildman–Crippen MR) is 99.0 cm³/mol. The molecule has 0 radical (unpaired) electrons. The maximum Gasteiger partial charge on any atom is 0.258 e. The van der Waals surface area contributed by atoms with E-state index in [-0.39, 0.29) is 22.8 Å². The predicted octanol–water partition coefficient (Wildman–Crippen LogP) is 3.82. The second-order valence-electron chi connectivity index (χ2n) is 5.73. The van der Waals surface area contributed by atoms with Crippen molar-refractivity contribution in [3.8, 4) is 11.5 Å². The molecule has 7 heteroatoms. The van der Waals surface area contributed by atoms with E-state index in [0.29, 0.717) is 28.9 Å². The zero-order valence-corrected chi connectivity index (χ0v) is 15.4. The van der Waals surface area contributed by atoms with E-state index < -0.39 is 5.82 Å². The quantitative estimate of drug-likeness (QED) is 0.635. The lowest BCUT2D eigenvalue weighted by Gasteiger charge is -2.17. The van der Waals surface area contributed by atoms with Crippen molar-refractivity contribution >= 4 is 22.5 Å². The summed E-state index contributed by atoms with van der Waals surface area (Å²) in [5, 5.41) is 0.131. The van der Waals surface area contributed by atoms with Gasteiger partial charge in [0.05, 0.1) is 37.2 Å². The van der Waals surface area contributed by atoms with Crippen LogP contribution in [0.4, 0.5) is 4.39 Å². The van der Waals surface area contributed by atoms with Crippen molar-refractivity contribution in [1.29, 1.82) is 0 Å². The molecule has 0 aliphatic rings. The fraction of sp³-hybridized carbons (Fsp3) is 0.263. The van der Waals surface area contributed by atoms with Crippen LogP contribution in [0, 0.1) is 5.82 Å². The Bertz CT molecular complexity index is 1020. The van der Waals surface area contributed by atoms with E-state index in [1.165, 1.54) is 17.9 Å². The van der Waals surface area contributed by atoms with E-state index >= 15 is 0 Å². The van der Waals surface area contributed by atoms with E-state index in [1.807, 2.05) is 19.1 Å². The molecule has 0 amide bonds. The third-order valence-corrected chi connectivity index (χ3v) is 4.56. The first-order chi connectivity index (χ1) is 12.5. The number of methoxy groups -OCH3 is 2. The lowest BCUT2D eigenvalue weighted by molar-refractivity contribution is 0.412. The number of benzene rings is 1. The second kappa shape index (κ2) is 7.33. The number of hydrogen-bond acceptors (Lipinski definition) is 4. The van der Waals surface area contributed by atoms with Gasteiger partial charge in [0.2, 0.25) is 0 Å². The maximum atomic E-state index is 14.8. The molecule has 3 rings (SSSR count). The summed E-state index contributed by atoms with van der Waals surface area (Å²) < 4.78 is 26.7. The molecule has 0 N–H and O–H groups in total. The fourth-order valence-corrected chi connectivity index (χ4v) is 3.16. The van der Waals surface area contributed by atoms with Crippen LogP contribution >= 0.6 is 11.6 Å². The highest BCUT2D eigenvalue weighted by molar-refractivity contribution is 6.30. The Labute approximate surface area is 155 Å².